The minimum atomic E-state index is -3.42. The number of nitrogens with two attached hydrogens (primary N) is 1. The monoisotopic (exact) mass is 618 g/mol. The van der Waals surface area contributed by atoms with Crippen molar-refractivity contribution >= 4 is 38.9 Å². The molecule has 1 spiro atoms. The SMILES string of the molecule is Nc1nn2c(c1C(=O)Nc1cnccc1N1CCN(S(=O)(=O)C3CCOC3)CC1)NCC(F)C21CCCCCCCCC1. The molecule has 43 heavy (non-hydrogen) atoms. The number of aromatic nitrogens is 3. The van der Waals surface area contributed by atoms with E-state index in [4.69, 9.17) is 10.5 Å². The number of fused-ring (bicyclic) bond motifs is 2. The fourth-order valence-corrected chi connectivity index (χ4v) is 8.89. The van der Waals surface area contributed by atoms with Gasteiger partial charge in [-0.2, -0.15) is 9.40 Å². The quantitative estimate of drug-likeness (QED) is 0.459. The second-order valence-electron chi connectivity index (χ2n) is 12.2. The van der Waals surface area contributed by atoms with E-state index in [2.05, 4.69) is 20.7 Å². The highest BCUT2D eigenvalue weighted by Gasteiger charge is 2.47. The van der Waals surface area contributed by atoms with E-state index in [1.54, 1.807) is 21.4 Å². The third-order valence-corrected chi connectivity index (χ3v) is 11.9. The number of rotatable bonds is 5. The zero-order valence-corrected chi connectivity index (χ0v) is 25.5. The molecule has 0 bridgehead atoms. The molecular weight excluding hydrogens is 575 g/mol. The molecule has 14 heteroatoms. The van der Waals surface area contributed by atoms with Gasteiger partial charge in [0.25, 0.3) is 5.91 Å². The summed E-state index contributed by atoms with van der Waals surface area (Å²) in [4.78, 5) is 20.1. The van der Waals surface area contributed by atoms with Crippen molar-refractivity contribution in [3.63, 3.8) is 0 Å². The van der Waals surface area contributed by atoms with E-state index in [0.717, 1.165) is 44.2 Å². The largest absolute Gasteiger partial charge is 0.381 e. The number of pyridine rings is 1. The lowest BCUT2D eigenvalue weighted by molar-refractivity contribution is 0.0721. The number of nitrogens with zero attached hydrogens (tertiary/aromatic N) is 5. The van der Waals surface area contributed by atoms with Crippen molar-refractivity contribution in [2.45, 2.75) is 81.2 Å². The van der Waals surface area contributed by atoms with Crippen LogP contribution in [0.1, 0.15) is 74.6 Å². The zero-order chi connectivity index (χ0) is 30.0. The van der Waals surface area contributed by atoms with Crippen LogP contribution in [0.15, 0.2) is 18.5 Å². The maximum Gasteiger partial charge on any atom is 0.263 e. The van der Waals surface area contributed by atoms with Crippen LogP contribution < -0.4 is 21.3 Å². The van der Waals surface area contributed by atoms with E-state index in [1.807, 2.05) is 11.0 Å². The normalized spacial score (nSPS) is 25.2. The number of piperazine rings is 1. The van der Waals surface area contributed by atoms with E-state index in [9.17, 15) is 13.2 Å². The van der Waals surface area contributed by atoms with E-state index in [-0.39, 0.29) is 24.5 Å². The van der Waals surface area contributed by atoms with Crippen LogP contribution in [0.3, 0.4) is 0 Å². The summed E-state index contributed by atoms with van der Waals surface area (Å²) < 4.78 is 50.4. The molecule has 1 aliphatic carbocycles. The third kappa shape index (κ3) is 5.80. The minimum Gasteiger partial charge on any atom is -0.381 e. The van der Waals surface area contributed by atoms with Crippen LogP contribution in [-0.4, -0.2) is 90.8 Å². The van der Waals surface area contributed by atoms with Crippen LogP contribution in [0, 0.1) is 0 Å². The lowest BCUT2D eigenvalue weighted by Gasteiger charge is -2.42. The highest BCUT2D eigenvalue weighted by atomic mass is 32.2. The van der Waals surface area contributed by atoms with Gasteiger partial charge in [0.1, 0.15) is 22.8 Å². The summed E-state index contributed by atoms with van der Waals surface area (Å²) in [6.45, 7) is 2.43. The predicted molar refractivity (Wildman–Crippen MR) is 164 cm³/mol. The topological polar surface area (TPSA) is 148 Å². The predicted octanol–water partition coefficient (Wildman–Crippen LogP) is 3.34. The average molecular weight is 619 g/mol. The molecule has 2 aromatic heterocycles. The lowest BCUT2D eigenvalue weighted by atomic mass is 9.80. The van der Waals surface area contributed by atoms with Gasteiger partial charge in [-0.1, -0.05) is 44.9 Å². The van der Waals surface area contributed by atoms with Gasteiger partial charge in [-0.15, -0.1) is 0 Å². The summed E-state index contributed by atoms with van der Waals surface area (Å²) in [6.07, 6.45) is 11.4. The van der Waals surface area contributed by atoms with Gasteiger partial charge in [0.15, 0.2) is 5.82 Å². The van der Waals surface area contributed by atoms with Crippen molar-refractivity contribution in [3.8, 4) is 0 Å². The first kappa shape index (κ1) is 30.1. The summed E-state index contributed by atoms with van der Waals surface area (Å²) in [7, 11) is -3.42. The van der Waals surface area contributed by atoms with Gasteiger partial charge < -0.3 is 26.0 Å². The summed E-state index contributed by atoms with van der Waals surface area (Å²) >= 11 is 0. The summed E-state index contributed by atoms with van der Waals surface area (Å²) in [6, 6.07) is 1.81. The van der Waals surface area contributed by atoms with Gasteiger partial charge in [0.2, 0.25) is 10.0 Å². The van der Waals surface area contributed by atoms with Crippen molar-refractivity contribution in [3.05, 3.63) is 24.0 Å². The van der Waals surface area contributed by atoms with E-state index < -0.39 is 32.9 Å². The van der Waals surface area contributed by atoms with E-state index >= 15 is 4.39 Å². The number of hydrogen-bond donors (Lipinski definition) is 3. The number of nitrogens with one attached hydrogen (secondary N) is 2. The number of sulfonamides is 1. The van der Waals surface area contributed by atoms with E-state index in [0.29, 0.717) is 63.6 Å². The molecule has 2 saturated heterocycles. The standard InChI is InChI=1S/C29H43FN8O4S/c30-24-19-33-27-25(26(31)35-38(27)29(24)10-6-4-2-1-3-5-7-11-29)28(39)34-22-18-32-12-8-23(22)36-13-15-37(16-14-36)43(40,41)21-9-17-42-20-21/h8,12,18,21,24,33H,1-7,9-11,13-17,19-20H2,(H2,31,35)(H,34,39). The number of alkyl halides is 1. The van der Waals surface area contributed by atoms with Crippen LogP contribution >= 0.6 is 0 Å². The molecule has 2 atom stereocenters. The molecular formula is C29H43FN8O4S. The van der Waals surface area contributed by atoms with Crippen molar-refractivity contribution in [2.75, 3.05) is 67.2 Å². The molecule has 12 nitrogen and oxygen atoms in total. The van der Waals surface area contributed by atoms with Crippen LogP contribution in [0.5, 0.6) is 0 Å². The first-order chi connectivity index (χ1) is 20.8. The van der Waals surface area contributed by atoms with Crippen molar-refractivity contribution in [1.82, 2.24) is 19.1 Å². The Morgan fingerprint density at radius 2 is 1.79 bits per heavy atom. The molecule has 0 radical (unpaired) electrons. The maximum atomic E-state index is 15.8. The van der Waals surface area contributed by atoms with Gasteiger partial charge in [-0.25, -0.2) is 17.5 Å². The summed E-state index contributed by atoms with van der Waals surface area (Å²) in [5.41, 5.74) is 6.98. The van der Waals surface area contributed by atoms with Crippen molar-refractivity contribution in [2.24, 2.45) is 0 Å². The highest BCUT2D eigenvalue weighted by Crippen LogP contribution is 2.43. The molecule has 4 N–H and O–H groups in total. The molecule has 6 rings (SSSR count). The smallest absolute Gasteiger partial charge is 0.263 e. The number of ether oxygens (including phenoxy) is 1. The molecule has 1 saturated carbocycles. The molecule has 2 aromatic rings. The molecule has 2 unspecified atom stereocenters. The Balaban J connectivity index is 1.20. The lowest BCUT2D eigenvalue weighted by Crippen LogP contribution is -2.51. The number of amides is 1. The van der Waals surface area contributed by atoms with Crippen LogP contribution in [-0.2, 0) is 20.3 Å². The first-order valence-electron chi connectivity index (χ1n) is 15.7. The number of carbonyl (C=O) groups is 1. The Kier molecular flexibility index (Phi) is 8.79. The molecule has 5 heterocycles. The Labute approximate surface area is 252 Å². The molecule has 4 aliphatic rings. The van der Waals surface area contributed by atoms with Gasteiger partial charge >= 0.3 is 0 Å². The van der Waals surface area contributed by atoms with E-state index in [1.165, 1.54) is 6.42 Å². The van der Waals surface area contributed by atoms with Gasteiger partial charge in [0, 0.05) is 45.5 Å². The molecule has 3 fully saturated rings. The zero-order valence-electron chi connectivity index (χ0n) is 24.6. The maximum absolute atomic E-state index is 15.8. The highest BCUT2D eigenvalue weighted by molar-refractivity contribution is 7.89. The number of halogens is 1. The number of anilines is 4. The number of hydrogen-bond acceptors (Lipinski definition) is 9. The van der Waals surface area contributed by atoms with Gasteiger partial charge in [0.05, 0.1) is 29.7 Å². The van der Waals surface area contributed by atoms with Crippen LogP contribution in [0.2, 0.25) is 0 Å². The minimum absolute atomic E-state index is 0.0609. The second-order valence-corrected chi connectivity index (χ2v) is 14.4. The average Bonchev–Trinajstić information content (AvgIpc) is 3.68. The molecule has 0 aromatic carbocycles. The molecule has 1 amide bonds. The molecule has 3 aliphatic heterocycles. The van der Waals surface area contributed by atoms with Crippen molar-refractivity contribution < 1.29 is 22.3 Å². The van der Waals surface area contributed by atoms with Crippen LogP contribution in [0.25, 0.3) is 0 Å². The van der Waals surface area contributed by atoms with Crippen molar-refractivity contribution in [1.29, 1.82) is 0 Å². The Morgan fingerprint density at radius 1 is 1.09 bits per heavy atom. The Morgan fingerprint density at radius 3 is 2.47 bits per heavy atom. The van der Waals surface area contributed by atoms with Crippen LogP contribution in [0.4, 0.5) is 27.4 Å². The number of carbonyl (C=O) groups excluding carboxylic acids is 1. The first-order valence-corrected chi connectivity index (χ1v) is 17.2. The second kappa shape index (κ2) is 12.6. The third-order valence-electron chi connectivity index (χ3n) is 9.61. The fraction of sp³-hybridized carbons (Fsp3) is 0.690. The summed E-state index contributed by atoms with van der Waals surface area (Å²) in [5.74, 6) is 0.0714. The summed E-state index contributed by atoms with van der Waals surface area (Å²) in [5, 5.41) is 10.2. The molecule has 236 valence electrons. The van der Waals surface area contributed by atoms with Gasteiger partial charge in [-0.05, 0) is 25.3 Å². The number of nitrogen functional groups attached to an aromatic ring is 1. The van der Waals surface area contributed by atoms with Gasteiger partial charge in [-0.3, -0.25) is 9.78 Å². The Bertz CT molecular complexity index is 1400. The fourth-order valence-electron chi connectivity index (χ4n) is 7.14. The Hall–Kier alpha value is -2.97.